The fourth-order valence-electron chi connectivity index (χ4n) is 1.62. The van der Waals surface area contributed by atoms with E-state index in [9.17, 15) is 13.2 Å². The van der Waals surface area contributed by atoms with E-state index in [1.54, 1.807) is 24.3 Å². The first-order chi connectivity index (χ1) is 9.04. The molecule has 0 saturated carbocycles. The maximum absolute atomic E-state index is 12.2. The van der Waals surface area contributed by atoms with Gasteiger partial charge in [0.05, 0.1) is 11.4 Å². The lowest BCUT2D eigenvalue weighted by atomic mass is 10.4. The van der Waals surface area contributed by atoms with Crippen LogP contribution >= 0.6 is 0 Å². The Morgan fingerprint density at radius 3 is 2.42 bits per heavy atom. The Hall–Kier alpha value is -1.92. The molecule has 0 bridgehead atoms. The van der Waals surface area contributed by atoms with E-state index in [1.807, 2.05) is 0 Å². The minimum atomic E-state index is -3.55. The molecule has 19 heavy (non-hydrogen) atoms. The molecule has 0 N–H and O–H groups in total. The SMILES string of the molecule is CN(Cc1ccc(C=O)o1)S(=O)(=O)c1ccccc1. The summed E-state index contributed by atoms with van der Waals surface area (Å²) in [6.45, 7) is 0.0745. The summed E-state index contributed by atoms with van der Waals surface area (Å²) in [5.74, 6) is 0.601. The van der Waals surface area contributed by atoms with Crippen LogP contribution in [0.25, 0.3) is 0 Å². The van der Waals surface area contributed by atoms with E-state index in [0.717, 1.165) is 0 Å². The van der Waals surface area contributed by atoms with Crippen molar-refractivity contribution in [1.82, 2.24) is 4.31 Å². The highest BCUT2D eigenvalue weighted by Crippen LogP contribution is 2.17. The van der Waals surface area contributed by atoms with Gasteiger partial charge in [-0.3, -0.25) is 4.79 Å². The standard InChI is InChI=1S/C13H13NO4S/c1-14(9-11-7-8-12(10-15)18-11)19(16,17)13-5-3-2-4-6-13/h2-8,10H,9H2,1H3. The lowest BCUT2D eigenvalue weighted by Crippen LogP contribution is -2.26. The van der Waals surface area contributed by atoms with E-state index < -0.39 is 10.0 Å². The van der Waals surface area contributed by atoms with Crippen molar-refractivity contribution >= 4 is 16.3 Å². The van der Waals surface area contributed by atoms with Gasteiger partial charge in [-0.05, 0) is 24.3 Å². The van der Waals surface area contributed by atoms with Crippen LogP contribution < -0.4 is 0 Å². The molecule has 100 valence electrons. The zero-order valence-electron chi connectivity index (χ0n) is 10.3. The molecule has 0 atom stereocenters. The van der Waals surface area contributed by atoms with Gasteiger partial charge in [0.2, 0.25) is 10.0 Å². The largest absolute Gasteiger partial charge is 0.457 e. The van der Waals surface area contributed by atoms with Gasteiger partial charge in [0.25, 0.3) is 0 Å². The first-order valence-corrected chi connectivity index (χ1v) is 7.03. The first-order valence-electron chi connectivity index (χ1n) is 5.59. The fourth-order valence-corrected chi connectivity index (χ4v) is 2.78. The normalized spacial score (nSPS) is 11.7. The van der Waals surface area contributed by atoms with Crippen molar-refractivity contribution < 1.29 is 17.6 Å². The summed E-state index contributed by atoms with van der Waals surface area (Å²) in [6, 6.07) is 11.2. The smallest absolute Gasteiger partial charge is 0.243 e. The van der Waals surface area contributed by atoms with Crippen molar-refractivity contribution in [3.63, 3.8) is 0 Å². The number of nitrogens with zero attached hydrogens (tertiary/aromatic N) is 1. The minimum Gasteiger partial charge on any atom is -0.457 e. The third kappa shape index (κ3) is 2.91. The molecule has 0 spiro atoms. The van der Waals surface area contributed by atoms with Crippen molar-refractivity contribution in [1.29, 1.82) is 0 Å². The number of benzene rings is 1. The molecule has 1 aromatic carbocycles. The van der Waals surface area contributed by atoms with Gasteiger partial charge in [-0.2, -0.15) is 4.31 Å². The fraction of sp³-hybridized carbons (Fsp3) is 0.154. The molecule has 0 radical (unpaired) electrons. The number of sulfonamides is 1. The molecule has 2 rings (SSSR count). The summed E-state index contributed by atoms with van der Waals surface area (Å²) in [5.41, 5.74) is 0. The number of carbonyl (C=O) groups excluding carboxylic acids is 1. The van der Waals surface area contributed by atoms with Crippen molar-refractivity contribution in [2.75, 3.05) is 7.05 Å². The molecule has 0 fully saturated rings. The van der Waals surface area contributed by atoms with Gasteiger partial charge < -0.3 is 4.42 Å². The third-order valence-electron chi connectivity index (χ3n) is 2.63. The van der Waals surface area contributed by atoms with Gasteiger partial charge in [-0.25, -0.2) is 8.42 Å². The van der Waals surface area contributed by atoms with Gasteiger partial charge >= 0.3 is 0 Å². The number of aldehydes is 1. The van der Waals surface area contributed by atoms with Gasteiger partial charge in [-0.15, -0.1) is 0 Å². The molecule has 2 aromatic rings. The van der Waals surface area contributed by atoms with E-state index in [1.165, 1.54) is 29.6 Å². The molecule has 0 aliphatic heterocycles. The summed E-state index contributed by atoms with van der Waals surface area (Å²) < 4.78 is 30.8. The van der Waals surface area contributed by atoms with E-state index in [-0.39, 0.29) is 17.2 Å². The van der Waals surface area contributed by atoms with Crippen LogP contribution in [0.5, 0.6) is 0 Å². The third-order valence-corrected chi connectivity index (χ3v) is 4.45. The number of hydrogen-bond donors (Lipinski definition) is 0. The molecule has 0 unspecified atom stereocenters. The highest BCUT2D eigenvalue weighted by Gasteiger charge is 2.21. The Morgan fingerprint density at radius 2 is 1.84 bits per heavy atom. The first kappa shape index (κ1) is 13.5. The minimum absolute atomic E-state index is 0.0745. The molecule has 0 amide bonds. The summed E-state index contributed by atoms with van der Waals surface area (Å²) in [5, 5.41) is 0. The van der Waals surface area contributed by atoms with E-state index in [0.29, 0.717) is 12.0 Å². The quantitative estimate of drug-likeness (QED) is 0.784. The Balaban J connectivity index is 2.19. The zero-order chi connectivity index (χ0) is 13.9. The van der Waals surface area contributed by atoms with Crippen molar-refractivity contribution in [2.24, 2.45) is 0 Å². The van der Waals surface area contributed by atoms with Gasteiger partial charge in [0.15, 0.2) is 12.0 Å². The highest BCUT2D eigenvalue weighted by atomic mass is 32.2. The second-order valence-electron chi connectivity index (χ2n) is 4.00. The van der Waals surface area contributed by atoms with Gasteiger partial charge in [0, 0.05) is 7.05 Å². The Bertz CT molecular complexity index is 661. The van der Waals surface area contributed by atoms with Crippen LogP contribution in [0.2, 0.25) is 0 Å². The van der Waals surface area contributed by atoms with Gasteiger partial charge in [0.1, 0.15) is 5.76 Å². The maximum Gasteiger partial charge on any atom is 0.243 e. The lowest BCUT2D eigenvalue weighted by molar-refractivity contribution is 0.109. The Morgan fingerprint density at radius 1 is 1.16 bits per heavy atom. The average molecular weight is 279 g/mol. The number of hydrogen-bond acceptors (Lipinski definition) is 4. The van der Waals surface area contributed by atoms with E-state index >= 15 is 0 Å². The molecular formula is C13H13NO4S. The summed E-state index contributed by atoms with van der Waals surface area (Å²) in [7, 11) is -2.09. The number of furan rings is 1. The Labute approximate surface area is 111 Å². The van der Waals surface area contributed by atoms with Crippen LogP contribution in [-0.2, 0) is 16.6 Å². The predicted molar refractivity (Wildman–Crippen MR) is 69.2 cm³/mol. The lowest BCUT2D eigenvalue weighted by Gasteiger charge is -2.15. The average Bonchev–Trinajstić information content (AvgIpc) is 2.87. The summed E-state index contributed by atoms with van der Waals surface area (Å²) in [4.78, 5) is 10.7. The van der Waals surface area contributed by atoms with Crippen LogP contribution in [-0.4, -0.2) is 26.1 Å². The second-order valence-corrected chi connectivity index (χ2v) is 6.04. The summed E-state index contributed by atoms with van der Waals surface area (Å²) >= 11 is 0. The predicted octanol–water partition coefficient (Wildman–Crippen LogP) is 1.91. The van der Waals surface area contributed by atoms with Crippen molar-refractivity contribution in [3.8, 4) is 0 Å². The van der Waals surface area contributed by atoms with Gasteiger partial charge in [-0.1, -0.05) is 18.2 Å². The monoisotopic (exact) mass is 279 g/mol. The molecule has 0 aliphatic rings. The molecule has 1 aromatic heterocycles. The van der Waals surface area contributed by atoms with Crippen LogP contribution in [0.3, 0.4) is 0 Å². The van der Waals surface area contributed by atoms with Crippen LogP contribution in [0.4, 0.5) is 0 Å². The molecule has 1 heterocycles. The Kier molecular flexibility index (Phi) is 3.82. The molecule has 5 nitrogen and oxygen atoms in total. The highest BCUT2D eigenvalue weighted by molar-refractivity contribution is 7.89. The van der Waals surface area contributed by atoms with E-state index in [4.69, 9.17) is 4.42 Å². The molecule has 6 heteroatoms. The zero-order valence-corrected chi connectivity index (χ0v) is 11.1. The topological polar surface area (TPSA) is 67.6 Å². The van der Waals surface area contributed by atoms with Crippen LogP contribution in [0, 0.1) is 0 Å². The molecule has 0 saturated heterocycles. The van der Waals surface area contributed by atoms with Crippen molar-refractivity contribution in [3.05, 3.63) is 54.0 Å². The second kappa shape index (κ2) is 5.38. The number of rotatable bonds is 5. The molecule has 0 aliphatic carbocycles. The molecular weight excluding hydrogens is 266 g/mol. The van der Waals surface area contributed by atoms with Crippen LogP contribution in [0.15, 0.2) is 51.8 Å². The van der Waals surface area contributed by atoms with E-state index in [2.05, 4.69) is 0 Å². The van der Waals surface area contributed by atoms with Crippen LogP contribution in [0.1, 0.15) is 16.3 Å². The number of carbonyl (C=O) groups is 1. The van der Waals surface area contributed by atoms with Crippen molar-refractivity contribution in [2.45, 2.75) is 11.4 Å². The summed E-state index contributed by atoms with van der Waals surface area (Å²) in [6.07, 6.45) is 0.579. The maximum atomic E-state index is 12.2.